The summed E-state index contributed by atoms with van der Waals surface area (Å²) < 4.78 is 6.55. The average molecular weight is 245 g/mol. The number of hydrogen-bond donors (Lipinski definition) is 1. The van der Waals surface area contributed by atoms with E-state index in [-0.39, 0.29) is 11.8 Å². The first-order chi connectivity index (χ1) is 8.61. The molecule has 0 fully saturated rings. The molecule has 1 unspecified atom stereocenters. The number of hydrogen-bond acceptors (Lipinski definition) is 4. The first-order valence-electron chi connectivity index (χ1n) is 5.83. The van der Waals surface area contributed by atoms with Crippen molar-refractivity contribution in [2.45, 2.75) is 19.4 Å². The molecule has 0 saturated heterocycles. The SMILES string of the molecule is CC(C#N)NCCc1ccc2oc(=O)n(C)c2c1. The van der Waals surface area contributed by atoms with E-state index in [0.29, 0.717) is 5.58 Å². The molecule has 94 valence electrons. The van der Waals surface area contributed by atoms with Crippen LogP contribution in [0.3, 0.4) is 0 Å². The molecule has 2 rings (SSSR count). The lowest BCUT2D eigenvalue weighted by Crippen LogP contribution is -2.26. The van der Waals surface area contributed by atoms with Gasteiger partial charge < -0.3 is 9.73 Å². The molecule has 5 heteroatoms. The van der Waals surface area contributed by atoms with E-state index < -0.39 is 0 Å². The Labute approximate surface area is 105 Å². The Morgan fingerprint density at radius 1 is 1.56 bits per heavy atom. The zero-order chi connectivity index (χ0) is 13.1. The van der Waals surface area contributed by atoms with Crippen molar-refractivity contribution in [3.63, 3.8) is 0 Å². The molecule has 0 bridgehead atoms. The van der Waals surface area contributed by atoms with Gasteiger partial charge in [-0.3, -0.25) is 4.57 Å². The molecule has 1 aromatic heterocycles. The van der Waals surface area contributed by atoms with Crippen LogP contribution in [0, 0.1) is 11.3 Å². The monoisotopic (exact) mass is 245 g/mol. The Bertz CT molecular complexity index is 648. The van der Waals surface area contributed by atoms with Crippen LogP contribution in [-0.4, -0.2) is 17.2 Å². The largest absolute Gasteiger partial charge is 0.419 e. The van der Waals surface area contributed by atoms with Gasteiger partial charge in [-0.05, 0) is 31.0 Å². The zero-order valence-corrected chi connectivity index (χ0v) is 10.4. The third kappa shape index (κ3) is 2.44. The van der Waals surface area contributed by atoms with Gasteiger partial charge in [0.05, 0.1) is 17.6 Å². The van der Waals surface area contributed by atoms with Crippen molar-refractivity contribution in [1.29, 1.82) is 5.26 Å². The van der Waals surface area contributed by atoms with Crippen molar-refractivity contribution in [1.82, 2.24) is 9.88 Å². The Hall–Kier alpha value is -2.06. The van der Waals surface area contributed by atoms with Crippen molar-refractivity contribution in [3.05, 3.63) is 34.3 Å². The summed E-state index contributed by atoms with van der Waals surface area (Å²) in [6, 6.07) is 7.66. The number of nitrogens with one attached hydrogen (secondary N) is 1. The fraction of sp³-hybridized carbons (Fsp3) is 0.385. The molecule has 1 aromatic carbocycles. The lowest BCUT2D eigenvalue weighted by atomic mass is 10.1. The molecule has 0 aliphatic heterocycles. The number of aromatic nitrogens is 1. The number of nitriles is 1. The van der Waals surface area contributed by atoms with Gasteiger partial charge in [0.1, 0.15) is 0 Å². The first kappa shape index (κ1) is 12.4. The fourth-order valence-electron chi connectivity index (χ4n) is 1.81. The summed E-state index contributed by atoms with van der Waals surface area (Å²) in [6.45, 7) is 2.55. The second kappa shape index (κ2) is 5.07. The number of rotatable bonds is 4. The van der Waals surface area contributed by atoms with Gasteiger partial charge in [0, 0.05) is 13.6 Å². The molecule has 0 amide bonds. The molecule has 0 aliphatic rings. The second-order valence-corrected chi connectivity index (χ2v) is 4.28. The average Bonchev–Trinajstić information content (AvgIpc) is 2.65. The van der Waals surface area contributed by atoms with Gasteiger partial charge in [0.15, 0.2) is 5.58 Å². The highest BCUT2D eigenvalue weighted by Crippen LogP contribution is 2.14. The van der Waals surface area contributed by atoms with Crippen LogP contribution in [0.2, 0.25) is 0 Å². The maximum Gasteiger partial charge on any atom is 0.419 e. The van der Waals surface area contributed by atoms with Crippen LogP contribution >= 0.6 is 0 Å². The van der Waals surface area contributed by atoms with Crippen LogP contribution in [-0.2, 0) is 13.5 Å². The molecule has 18 heavy (non-hydrogen) atoms. The van der Waals surface area contributed by atoms with Gasteiger partial charge in [0.2, 0.25) is 0 Å². The maximum atomic E-state index is 11.3. The fourth-order valence-corrected chi connectivity index (χ4v) is 1.81. The van der Waals surface area contributed by atoms with E-state index in [9.17, 15) is 4.79 Å². The van der Waals surface area contributed by atoms with Crippen LogP contribution < -0.4 is 11.1 Å². The van der Waals surface area contributed by atoms with Gasteiger partial charge in [-0.15, -0.1) is 0 Å². The number of oxazole rings is 1. The summed E-state index contributed by atoms with van der Waals surface area (Å²) in [4.78, 5) is 11.3. The first-order valence-corrected chi connectivity index (χ1v) is 5.83. The Morgan fingerprint density at radius 2 is 2.33 bits per heavy atom. The maximum absolute atomic E-state index is 11.3. The smallest absolute Gasteiger partial charge is 0.408 e. The molecule has 2 aromatic rings. The molecule has 1 N–H and O–H groups in total. The lowest BCUT2D eigenvalue weighted by Gasteiger charge is -2.06. The normalized spacial score (nSPS) is 12.5. The van der Waals surface area contributed by atoms with Gasteiger partial charge in [-0.2, -0.15) is 5.26 Å². The van der Waals surface area contributed by atoms with Crippen LogP contribution in [0.5, 0.6) is 0 Å². The van der Waals surface area contributed by atoms with Crippen molar-refractivity contribution in [2.24, 2.45) is 7.05 Å². The molecule has 0 spiro atoms. The number of fused-ring (bicyclic) bond motifs is 1. The third-order valence-electron chi connectivity index (χ3n) is 2.91. The molecule has 0 aliphatic carbocycles. The van der Waals surface area contributed by atoms with Crippen LogP contribution in [0.1, 0.15) is 12.5 Å². The Kier molecular flexibility index (Phi) is 3.49. The van der Waals surface area contributed by atoms with E-state index >= 15 is 0 Å². The predicted molar refractivity (Wildman–Crippen MR) is 68.2 cm³/mol. The predicted octanol–water partition coefficient (Wildman–Crippen LogP) is 1.18. The van der Waals surface area contributed by atoms with Crippen molar-refractivity contribution < 1.29 is 4.42 Å². The minimum absolute atomic E-state index is 0.146. The number of nitrogens with zero attached hydrogens (tertiary/aromatic N) is 2. The lowest BCUT2D eigenvalue weighted by molar-refractivity contribution is 0.528. The Balaban J connectivity index is 2.13. The van der Waals surface area contributed by atoms with E-state index in [1.807, 2.05) is 19.1 Å². The molecule has 0 radical (unpaired) electrons. The highest BCUT2D eigenvalue weighted by Gasteiger charge is 2.06. The zero-order valence-electron chi connectivity index (χ0n) is 10.4. The topological polar surface area (TPSA) is 71.0 Å². The number of benzene rings is 1. The summed E-state index contributed by atoms with van der Waals surface area (Å²) in [5.74, 6) is -0.349. The molecule has 1 heterocycles. The van der Waals surface area contributed by atoms with E-state index in [2.05, 4.69) is 11.4 Å². The van der Waals surface area contributed by atoms with Crippen LogP contribution in [0.15, 0.2) is 27.4 Å². The highest BCUT2D eigenvalue weighted by atomic mass is 16.4. The number of aryl methyl sites for hydroxylation is 1. The summed E-state index contributed by atoms with van der Waals surface area (Å²) >= 11 is 0. The summed E-state index contributed by atoms with van der Waals surface area (Å²) in [5.41, 5.74) is 2.51. The van der Waals surface area contributed by atoms with Crippen molar-refractivity contribution in [3.8, 4) is 6.07 Å². The van der Waals surface area contributed by atoms with Crippen molar-refractivity contribution in [2.75, 3.05) is 6.54 Å². The Morgan fingerprint density at radius 3 is 3.06 bits per heavy atom. The third-order valence-corrected chi connectivity index (χ3v) is 2.91. The molecule has 0 saturated carbocycles. The second-order valence-electron chi connectivity index (χ2n) is 4.28. The molecule has 5 nitrogen and oxygen atoms in total. The van der Waals surface area contributed by atoms with Gasteiger partial charge in [-0.1, -0.05) is 6.07 Å². The van der Waals surface area contributed by atoms with Gasteiger partial charge in [-0.25, -0.2) is 4.79 Å². The summed E-state index contributed by atoms with van der Waals surface area (Å²) in [5, 5.41) is 11.7. The quantitative estimate of drug-likeness (QED) is 0.877. The van der Waals surface area contributed by atoms with E-state index in [1.54, 1.807) is 13.1 Å². The molecular weight excluding hydrogens is 230 g/mol. The summed E-state index contributed by atoms with van der Waals surface area (Å²) in [7, 11) is 1.69. The minimum Gasteiger partial charge on any atom is -0.408 e. The van der Waals surface area contributed by atoms with Gasteiger partial charge >= 0.3 is 5.76 Å². The van der Waals surface area contributed by atoms with E-state index in [1.165, 1.54) is 4.57 Å². The standard InChI is InChI=1S/C13H15N3O2/c1-9(8-14)15-6-5-10-3-4-12-11(7-10)16(2)13(17)18-12/h3-4,7,9,15H,5-6H2,1-2H3. The minimum atomic E-state index is -0.349. The van der Waals surface area contributed by atoms with E-state index in [0.717, 1.165) is 24.0 Å². The molecule has 1 atom stereocenters. The molecular formula is C13H15N3O2. The van der Waals surface area contributed by atoms with E-state index in [4.69, 9.17) is 9.68 Å². The summed E-state index contributed by atoms with van der Waals surface area (Å²) in [6.07, 6.45) is 0.807. The van der Waals surface area contributed by atoms with Gasteiger partial charge in [0.25, 0.3) is 0 Å². The van der Waals surface area contributed by atoms with Crippen molar-refractivity contribution >= 4 is 11.1 Å². The highest BCUT2D eigenvalue weighted by molar-refractivity contribution is 5.73. The van der Waals surface area contributed by atoms with Crippen LogP contribution in [0.25, 0.3) is 11.1 Å². The van der Waals surface area contributed by atoms with Crippen LogP contribution in [0.4, 0.5) is 0 Å².